The van der Waals surface area contributed by atoms with Crippen LogP contribution < -0.4 is 0 Å². The zero-order valence-corrected chi connectivity index (χ0v) is 17.5. The van der Waals surface area contributed by atoms with E-state index in [1.54, 1.807) is 0 Å². The lowest BCUT2D eigenvalue weighted by molar-refractivity contribution is 0.0589. The van der Waals surface area contributed by atoms with Crippen LogP contribution in [0.5, 0.6) is 0 Å². The van der Waals surface area contributed by atoms with Crippen LogP contribution in [0.2, 0.25) is 0 Å². The van der Waals surface area contributed by atoms with E-state index in [4.69, 9.17) is 17.3 Å². The molecule has 0 unspecified atom stereocenters. The summed E-state index contributed by atoms with van der Waals surface area (Å²) in [7, 11) is 0. The van der Waals surface area contributed by atoms with Crippen LogP contribution in [0.3, 0.4) is 0 Å². The highest BCUT2D eigenvalue weighted by molar-refractivity contribution is 7.71. The van der Waals surface area contributed by atoms with Crippen LogP contribution in [0.15, 0.2) is 17.5 Å². The Kier molecular flexibility index (Phi) is 5.75. The van der Waals surface area contributed by atoms with Crippen molar-refractivity contribution in [3.8, 4) is 0 Å². The van der Waals surface area contributed by atoms with Crippen LogP contribution in [0, 0.1) is 11.7 Å². The van der Waals surface area contributed by atoms with E-state index in [9.17, 15) is 4.79 Å². The van der Waals surface area contributed by atoms with Gasteiger partial charge < -0.3 is 9.47 Å². The minimum absolute atomic E-state index is 0.152. The van der Waals surface area contributed by atoms with Gasteiger partial charge in [-0.2, -0.15) is 5.10 Å². The molecule has 1 amide bonds. The summed E-state index contributed by atoms with van der Waals surface area (Å²) in [5, 5.41) is 6.68. The van der Waals surface area contributed by atoms with Crippen molar-refractivity contribution in [2.24, 2.45) is 0 Å². The molecule has 0 radical (unpaired) electrons. The predicted octanol–water partition coefficient (Wildman–Crippen LogP) is 3.70. The average molecular weight is 406 g/mol. The number of piperazine rings is 1. The number of nitrogens with zero attached hydrogens (tertiary/aromatic N) is 5. The number of carbonyl (C=O) groups is 1. The third-order valence-corrected chi connectivity index (χ3v) is 6.97. The van der Waals surface area contributed by atoms with Gasteiger partial charge in [0.2, 0.25) is 0 Å². The van der Waals surface area contributed by atoms with Gasteiger partial charge in [-0.05, 0) is 43.4 Å². The minimum Gasteiger partial charge on any atom is -0.335 e. The first-order valence-electron chi connectivity index (χ1n) is 9.84. The van der Waals surface area contributed by atoms with Gasteiger partial charge in [-0.3, -0.25) is 9.69 Å². The molecular weight excluding hydrogens is 378 g/mol. The Morgan fingerprint density at radius 2 is 1.96 bits per heavy atom. The number of carbonyl (C=O) groups excluding carboxylic acids is 1. The SMILES string of the molecule is Cc1nn(CN2CCN(C(=O)c3cccs3)CC2)c(=S)n1C1CCCCC1. The molecule has 1 aliphatic heterocycles. The number of rotatable bonds is 4. The third-order valence-electron chi connectivity index (χ3n) is 5.71. The maximum atomic E-state index is 12.5. The van der Waals surface area contributed by atoms with Gasteiger partial charge in [0.1, 0.15) is 5.82 Å². The van der Waals surface area contributed by atoms with Crippen molar-refractivity contribution in [3.05, 3.63) is 33.0 Å². The van der Waals surface area contributed by atoms with Crippen LogP contribution in [-0.4, -0.2) is 56.2 Å². The summed E-state index contributed by atoms with van der Waals surface area (Å²) in [6.45, 7) is 6.00. The molecule has 0 aromatic carbocycles. The van der Waals surface area contributed by atoms with E-state index in [-0.39, 0.29) is 5.91 Å². The van der Waals surface area contributed by atoms with E-state index >= 15 is 0 Å². The highest BCUT2D eigenvalue weighted by Crippen LogP contribution is 2.29. The molecule has 8 heteroatoms. The van der Waals surface area contributed by atoms with Gasteiger partial charge in [0.15, 0.2) is 4.77 Å². The number of aromatic nitrogens is 3. The molecule has 0 N–H and O–H groups in total. The van der Waals surface area contributed by atoms with E-state index in [1.807, 2.05) is 27.1 Å². The first kappa shape index (κ1) is 18.8. The van der Waals surface area contributed by atoms with Gasteiger partial charge in [-0.25, -0.2) is 4.68 Å². The van der Waals surface area contributed by atoms with Crippen LogP contribution >= 0.6 is 23.6 Å². The highest BCUT2D eigenvalue weighted by Gasteiger charge is 2.24. The Hall–Kier alpha value is -1.51. The van der Waals surface area contributed by atoms with Gasteiger partial charge in [-0.15, -0.1) is 11.3 Å². The van der Waals surface area contributed by atoms with Gasteiger partial charge in [0.05, 0.1) is 11.5 Å². The molecule has 1 saturated carbocycles. The lowest BCUT2D eigenvalue weighted by Crippen LogP contribution is -2.48. The molecular formula is C19H27N5OS2. The molecule has 4 rings (SSSR count). The van der Waals surface area contributed by atoms with Crippen molar-refractivity contribution in [1.82, 2.24) is 24.1 Å². The number of hydrogen-bond acceptors (Lipinski definition) is 5. The zero-order chi connectivity index (χ0) is 18.8. The summed E-state index contributed by atoms with van der Waals surface area (Å²) < 4.78 is 5.08. The van der Waals surface area contributed by atoms with Gasteiger partial charge in [-0.1, -0.05) is 25.3 Å². The molecule has 6 nitrogen and oxygen atoms in total. The quantitative estimate of drug-likeness (QED) is 0.728. The highest BCUT2D eigenvalue weighted by atomic mass is 32.1. The standard InChI is InChI=1S/C19H27N5OS2/c1-15-20-23(19(26)24(15)16-6-3-2-4-7-16)14-21-9-11-22(12-10-21)18(25)17-8-5-13-27-17/h5,8,13,16H,2-4,6-7,9-12,14H2,1H3. The number of hydrogen-bond donors (Lipinski definition) is 0. The molecule has 2 aromatic rings. The largest absolute Gasteiger partial charge is 0.335 e. The molecule has 3 heterocycles. The molecule has 1 saturated heterocycles. The van der Waals surface area contributed by atoms with Gasteiger partial charge >= 0.3 is 0 Å². The molecule has 0 spiro atoms. The fraction of sp³-hybridized carbons (Fsp3) is 0.632. The molecule has 146 valence electrons. The average Bonchev–Trinajstić information content (AvgIpc) is 3.31. The van der Waals surface area contributed by atoms with E-state index in [0.29, 0.717) is 12.7 Å². The van der Waals surface area contributed by atoms with Crippen molar-refractivity contribution in [2.45, 2.75) is 51.7 Å². The first-order valence-corrected chi connectivity index (χ1v) is 11.1. The second kappa shape index (κ2) is 8.24. The number of amides is 1. The van der Waals surface area contributed by atoms with Crippen molar-refractivity contribution in [2.75, 3.05) is 26.2 Å². The lowest BCUT2D eigenvalue weighted by atomic mass is 9.95. The summed E-state index contributed by atoms with van der Waals surface area (Å²) in [5.41, 5.74) is 0. The Bertz CT molecular complexity index is 827. The number of aryl methyl sites for hydroxylation is 1. The Morgan fingerprint density at radius 1 is 1.22 bits per heavy atom. The summed E-state index contributed by atoms with van der Waals surface area (Å²) in [4.78, 5) is 17.6. The summed E-state index contributed by atoms with van der Waals surface area (Å²) in [6.07, 6.45) is 6.34. The number of thiophene rings is 1. The fourth-order valence-corrected chi connectivity index (χ4v) is 5.29. The van der Waals surface area contributed by atoms with Gasteiger partial charge in [0, 0.05) is 32.2 Å². The first-order chi connectivity index (χ1) is 13.1. The minimum atomic E-state index is 0.152. The van der Waals surface area contributed by atoms with E-state index in [2.05, 4.69) is 16.4 Å². The summed E-state index contributed by atoms with van der Waals surface area (Å²) in [6, 6.07) is 4.35. The smallest absolute Gasteiger partial charge is 0.264 e. The molecule has 0 bridgehead atoms. The molecule has 2 aromatic heterocycles. The van der Waals surface area contributed by atoms with Crippen molar-refractivity contribution in [3.63, 3.8) is 0 Å². The Morgan fingerprint density at radius 3 is 2.63 bits per heavy atom. The second-order valence-corrected chi connectivity index (χ2v) is 8.83. The maximum absolute atomic E-state index is 12.5. The van der Waals surface area contributed by atoms with Crippen LogP contribution in [0.4, 0.5) is 0 Å². The molecule has 0 atom stereocenters. The normalized spacial score (nSPS) is 19.5. The topological polar surface area (TPSA) is 46.3 Å². The van der Waals surface area contributed by atoms with Crippen LogP contribution in [0.25, 0.3) is 0 Å². The monoisotopic (exact) mass is 405 g/mol. The summed E-state index contributed by atoms with van der Waals surface area (Å²) in [5.74, 6) is 1.18. The van der Waals surface area contributed by atoms with Crippen molar-refractivity contribution < 1.29 is 4.79 Å². The third kappa shape index (κ3) is 4.02. The van der Waals surface area contributed by atoms with E-state index in [1.165, 1.54) is 43.4 Å². The predicted molar refractivity (Wildman–Crippen MR) is 110 cm³/mol. The molecule has 2 aliphatic rings. The lowest BCUT2D eigenvalue weighted by Gasteiger charge is -2.34. The molecule has 27 heavy (non-hydrogen) atoms. The second-order valence-electron chi connectivity index (χ2n) is 7.52. The van der Waals surface area contributed by atoms with Crippen LogP contribution in [-0.2, 0) is 6.67 Å². The Balaban J connectivity index is 1.38. The van der Waals surface area contributed by atoms with Gasteiger partial charge in [0.25, 0.3) is 5.91 Å². The van der Waals surface area contributed by atoms with Crippen molar-refractivity contribution in [1.29, 1.82) is 0 Å². The van der Waals surface area contributed by atoms with E-state index in [0.717, 1.165) is 41.7 Å². The molecule has 1 aliphatic carbocycles. The zero-order valence-electron chi connectivity index (χ0n) is 15.8. The van der Waals surface area contributed by atoms with Crippen LogP contribution in [0.1, 0.15) is 53.6 Å². The van der Waals surface area contributed by atoms with Crippen molar-refractivity contribution >= 4 is 29.5 Å². The summed E-state index contributed by atoms with van der Waals surface area (Å²) >= 11 is 7.27. The maximum Gasteiger partial charge on any atom is 0.264 e. The fourth-order valence-electron chi connectivity index (χ4n) is 4.22. The Labute approximate surface area is 169 Å². The van der Waals surface area contributed by atoms with E-state index < -0.39 is 0 Å². The molecule has 2 fully saturated rings.